The van der Waals surface area contributed by atoms with Crippen LogP contribution in [0.25, 0.3) is 11.4 Å². The van der Waals surface area contributed by atoms with Crippen molar-refractivity contribution in [2.45, 2.75) is 40.2 Å². The number of carbonyl (C=O) groups is 2. The minimum absolute atomic E-state index is 0.0359. The summed E-state index contributed by atoms with van der Waals surface area (Å²) in [6.45, 7) is 7.47. The van der Waals surface area contributed by atoms with Gasteiger partial charge >= 0.3 is 5.97 Å². The number of carboxylic acid groups (broad SMARTS) is 1. The number of rotatable bonds is 7. The van der Waals surface area contributed by atoms with Crippen molar-refractivity contribution < 1.29 is 28.3 Å². The maximum atomic E-state index is 14.0. The summed E-state index contributed by atoms with van der Waals surface area (Å²) in [4.78, 5) is 27.6. The lowest BCUT2D eigenvalue weighted by Crippen LogP contribution is -2.20. The van der Waals surface area contributed by atoms with Crippen molar-refractivity contribution in [3.05, 3.63) is 65.3 Å². The molecule has 0 fully saturated rings. The average molecular weight is 426 g/mol. The van der Waals surface area contributed by atoms with Crippen LogP contribution in [0.15, 0.2) is 47.0 Å². The lowest BCUT2D eigenvalue weighted by atomic mass is 9.86. The highest BCUT2D eigenvalue weighted by Crippen LogP contribution is 2.28. The Morgan fingerprint density at radius 2 is 1.84 bits per heavy atom. The number of Topliss-reactive ketones (excluding diaryl/α,β-unsaturated/α-hetero) is 1. The zero-order chi connectivity index (χ0) is 22.8. The van der Waals surface area contributed by atoms with E-state index in [9.17, 15) is 14.0 Å². The van der Waals surface area contributed by atoms with Crippen molar-refractivity contribution in [2.75, 3.05) is 0 Å². The highest BCUT2D eigenvalue weighted by Gasteiger charge is 2.24. The molecule has 0 bridgehead atoms. The number of benzene rings is 2. The molecule has 8 heteroatoms. The van der Waals surface area contributed by atoms with Crippen LogP contribution >= 0.6 is 0 Å². The van der Waals surface area contributed by atoms with Gasteiger partial charge in [-0.15, -0.1) is 0 Å². The van der Waals surface area contributed by atoms with Gasteiger partial charge in [0.25, 0.3) is 5.89 Å². The van der Waals surface area contributed by atoms with Crippen LogP contribution in [0.2, 0.25) is 0 Å². The molecule has 0 aliphatic rings. The van der Waals surface area contributed by atoms with Crippen molar-refractivity contribution >= 4 is 11.8 Å². The molecule has 0 amide bonds. The van der Waals surface area contributed by atoms with Crippen LogP contribution < -0.4 is 4.74 Å². The average Bonchev–Trinajstić information content (AvgIpc) is 3.21. The van der Waals surface area contributed by atoms with Crippen molar-refractivity contribution in [1.82, 2.24) is 10.1 Å². The summed E-state index contributed by atoms with van der Waals surface area (Å²) in [6.07, 6.45) is -0.0232. The van der Waals surface area contributed by atoms with E-state index >= 15 is 0 Å². The Balaban J connectivity index is 1.77. The van der Waals surface area contributed by atoms with Crippen LogP contribution in [-0.4, -0.2) is 27.0 Å². The molecule has 162 valence electrons. The van der Waals surface area contributed by atoms with E-state index in [4.69, 9.17) is 14.4 Å². The normalized spacial score (nSPS) is 12.4. The highest BCUT2D eigenvalue weighted by atomic mass is 19.1. The molecule has 0 unspecified atom stereocenters. The Hall–Kier alpha value is -3.55. The second kappa shape index (κ2) is 8.67. The molecule has 3 aromatic rings. The van der Waals surface area contributed by atoms with Gasteiger partial charge in [-0.3, -0.25) is 4.79 Å². The molecular weight excluding hydrogens is 403 g/mol. The minimum atomic E-state index is -1.35. The van der Waals surface area contributed by atoms with Crippen LogP contribution in [0.3, 0.4) is 0 Å². The fourth-order valence-electron chi connectivity index (χ4n) is 2.90. The van der Waals surface area contributed by atoms with Gasteiger partial charge in [0.05, 0.1) is 5.56 Å². The molecule has 0 saturated heterocycles. The molecule has 0 aliphatic carbocycles. The van der Waals surface area contributed by atoms with Gasteiger partial charge in [-0.05, 0) is 48.9 Å². The molecule has 0 spiro atoms. The maximum Gasteiger partial charge on any atom is 0.338 e. The molecule has 2 aromatic carbocycles. The van der Waals surface area contributed by atoms with Gasteiger partial charge in [0, 0.05) is 16.5 Å². The Bertz CT molecular complexity index is 1100. The summed E-state index contributed by atoms with van der Waals surface area (Å²) in [5.41, 5.74) is -0.0239. The number of ether oxygens (including phenoxy) is 1. The monoisotopic (exact) mass is 426 g/mol. The SMILES string of the molecule is CC[C@@H](Oc1ccc(C(=O)C(C)(C)C)cc1)c1nc(-c2ccc(C(=O)O)c(F)c2)no1. The standard InChI is InChI=1S/C23H23FN2O5/c1-5-18(30-15-9-6-13(7-10-15)19(27)23(2,3)4)21-25-20(26-31-21)14-8-11-16(22(28)29)17(24)12-14/h6-12,18H,5H2,1-4H3,(H,28,29)/t18-/m1/s1. The fraction of sp³-hybridized carbons (Fsp3) is 0.304. The number of halogens is 1. The first-order valence-corrected chi connectivity index (χ1v) is 9.78. The first kappa shape index (κ1) is 22.1. The van der Waals surface area contributed by atoms with E-state index in [-0.39, 0.29) is 23.1 Å². The zero-order valence-electron chi connectivity index (χ0n) is 17.7. The third-order valence-electron chi connectivity index (χ3n) is 4.62. The third kappa shape index (κ3) is 4.96. The molecule has 31 heavy (non-hydrogen) atoms. The van der Waals surface area contributed by atoms with Gasteiger partial charge in [0.15, 0.2) is 11.9 Å². The summed E-state index contributed by atoms with van der Waals surface area (Å²) in [5.74, 6) is -1.34. The summed E-state index contributed by atoms with van der Waals surface area (Å²) in [6, 6.07) is 10.4. The predicted molar refractivity (Wildman–Crippen MR) is 111 cm³/mol. The number of aromatic nitrogens is 2. The van der Waals surface area contributed by atoms with Crippen LogP contribution in [-0.2, 0) is 0 Å². The number of hydrogen-bond donors (Lipinski definition) is 1. The van der Waals surface area contributed by atoms with Gasteiger partial charge in [-0.2, -0.15) is 4.98 Å². The lowest BCUT2D eigenvalue weighted by molar-refractivity contribution is 0.0691. The van der Waals surface area contributed by atoms with Gasteiger partial charge in [-0.1, -0.05) is 32.9 Å². The maximum absolute atomic E-state index is 14.0. The third-order valence-corrected chi connectivity index (χ3v) is 4.62. The molecular formula is C23H23FN2O5. The number of ketones is 1. The lowest BCUT2D eigenvalue weighted by Gasteiger charge is -2.17. The molecule has 1 N–H and O–H groups in total. The quantitative estimate of drug-likeness (QED) is 0.509. The minimum Gasteiger partial charge on any atom is -0.481 e. The van der Waals surface area contributed by atoms with Crippen molar-refractivity contribution in [3.63, 3.8) is 0 Å². The summed E-state index contributed by atoms with van der Waals surface area (Å²) < 4.78 is 25.2. The smallest absolute Gasteiger partial charge is 0.338 e. The molecule has 0 aliphatic heterocycles. The summed E-state index contributed by atoms with van der Waals surface area (Å²) >= 11 is 0. The Kier molecular flexibility index (Phi) is 6.19. The van der Waals surface area contributed by atoms with Crippen molar-refractivity contribution in [2.24, 2.45) is 5.41 Å². The number of aromatic carboxylic acids is 1. The van der Waals surface area contributed by atoms with Crippen LogP contribution in [0.1, 0.15) is 66.8 Å². The number of carbonyl (C=O) groups excluding carboxylic acids is 1. The summed E-state index contributed by atoms with van der Waals surface area (Å²) in [7, 11) is 0. The molecule has 0 saturated carbocycles. The fourth-order valence-corrected chi connectivity index (χ4v) is 2.90. The van der Waals surface area contributed by atoms with Gasteiger partial charge in [0.2, 0.25) is 5.82 Å². The number of carboxylic acids is 1. The van der Waals surface area contributed by atoms with E-state index in [1.165, 1.54) is 6.07 Å². The van der Waals surface area contributed by atoms with Crippen molar-refractivity contribution in [3.8, 4) is 17.1 Å². The van der Waals surface area contributed by atoms with Gasteiger partial charge in [-0.25, -0.2) is 9.18 Å². The Morgan fingerprint density at radius 3 is 2.39 bits per heavy atom. The van der Waals surface area contributed by atoms with Crippen LogP contribution in [0.5, 0.6) is 5.75 Å². The van der Waals surface area contributed by atoms with E-state index in [0.29, 0.717) is 17.7 Å². The molecule has 1 atom stereocenters. The molecule has 1 aromatic heterocycles. The van der Waals surface area contributed by atoms with E-state index in [1.807, 2.05) is 27.7 Å². The van der Waals surface area contributed by atoms with E-state index < -0.39 is 28.9 Å². The molecule has 0 radical (unpaired) electrons. The number of nitrogens with zero attached hydrogens (tertiary/aromatic N) is 2. The highest BCUT2D eigenvalue weighted by molar-refractivity contribution is 5.99. The molecule has 1 heterocycles. The molecule has 7 nitrogen and oxygen atoms in total. The second-order valence-corrected chi connectivity index (χ2v) is 8.07. The number of hydrogen-bond acceptors (Lipinski definition) is 6. The Morgan fingerprint density at radius 1 is 1.16 bits per heavy atom. The van der Waals surface area contributed by atoms with E-state index in [0.717, 1.165) is 12.1 Å². The first-order chi connectivity index (χ1) is 14.6. The summed E-state index contributed by atoms with van der Waals surface area (Å²) in [5, 5.41) is 12.8. The van der Waals surface area contributed by atoms with Gasteiger partial charge < -0.3 is 14.4 Å². The van der Waals surface area contributed by atoms with E-state index in [1.54, 1.807) is 24.3 Å². The van der Waals surface area contributed by atoms with Crippen LogP contribution in [0.4, 0.5) is 4.39 Å². The first-order valence-electron chi connectivity index (χ1n) is 9.78. The predicted octanol–water partition coefficient (Wildman–Crippen LogP) is 5.33. The van der Waals surface area contributed by atoms with Gasteiger partial charge in [0.1, 0.15) is 11.6 Å². The van der Waals surface area contributed by atoms with E-state index in [2.05, 4.69) is 10.1 Å². The largest absolute Gasteiger partial charge is 0.481 e. The Labute approximate surface area is 178 Å². The molecule has 3 rings (SSSR count). The van der Waals surface area contributed by atoms with Crippen molar-refractivity contribution in [1.29, 1.82) is 0 Å². The zero-order valence-corrected chi connectivity index (χ0v) is 17.7. The topological polar surface area (TPSA) is 103 Å². The van der Waals surface area contributed by atoms with Crippen LogP contribution in [0, 0.1) is 11.2 Å². The second-order valence-electron chi connectivity index (χ2n) is 8.07.